The van der Waals surface area contributed by atoms with Gasteiger partial charge in [0.15, 0.2) is 0 Å². The zero-order valence-electron chi connectivity index (χ0n) is 10.2. The molecule has 1 aliphatic rings. The van der Waals surface area contributed by atoms with Crippen LogP contribution in [0.2, 0.25) is 0 Å². The van der Waals surface area contributed by atoms with Gasteiger partial charge in [0.25, 0.3) is 0 Å². The lowest BCUT2D eigenvalue weighted by atomic mass is 10.0. The molecule has 0 aromatic heterocycles. The van der Waals surface area contributed by atoms with E-state index >= 15 is 0 Å². The van der Waals surface area contributed by atoms with Gasteiger partial charge in [0.1, 0.15) is 0 Å². The van der Waals surface area contributed by atoms with E-state index in [-0.39, 0.29) is 17.9 Å². The van der Waals surface area contributed by atoms with Crippen LogP contribution in [0.3, 0.4) is 0 Å². The molecule has 3 nitrogen and oxygen atoms in total. The van der Waals surface area contributed by atoms with Gasteiger partial charge in [-0.15, -0.1) is 0 Å². The predicted octanol–water partition coefficient (Wildman–Crippen LogP) is 1.64. The molecule has 1 amide bonds. The normalized spacial score (nSPS) is 18.5. The Labute approximate surface area is 102 Å². The van der Waals surface area contributed by atoms with Crippen molar-refractivity contribution in [3.63, 3.8) is 0 Å². The Morgan fingerprint density at radius 3 is 2.65 bits per heavy atom. The third-order valence-corrected chi connectivity index (χ3v) is 3.43. The van der Waals surface area contributed by atoms with Crippen molar-refractivity contribution in [2.75, 3.05) is 6.54 Å². The van der Waals surface area contributed by atoms with Crippen molar-refractivity contribution in [3.8, 4) is 0 Å². The Morgan fingerprint density at radius 2 is 2.06 bits per heavy atom. The monoisotopic (exact) mass is 232 g/mol. The summed E-state index contributed by atoms with van der Waals surface area (Å²) in [5.74, 6) is 0.581. The molecule has 0 heterocycles. The van der Waals surface area contributed by atoms with Gasteiger partial charge < -0.3 is 11.1 Å². The van der Waals surface area contributed by atoms with Crippen LogP contribution >= 0.6 is 0 Å². The first-order valence-electron chi connectivity index (χ1n) is 6.26. The molecule has 2 rings (SSSR count). The van der Waals surface area contributed by atoms with Crippen LogP contribution in [0, 0.1) is 5.92 Å². The second kappa shape index (κ2) is 5.32. The van der Waals surface area contributed by atoms with Crippen molar-refractivity contribution in [1.82, 2.24) is 5.32 Å². The fraction of sp³-hybridized carbons (Fsp3) is 0.500. The van der Waals surface area contributed by atoms with E-state index in [9.17, 15) is 4.79 Å². The summed E-state index contributed by atoms with van der Waals surface area (Å²) in [4.78, 5) is 11.9. The highest BCUT2D eigenvalue weighted by molar-refractivity contribution is 5.83. The van der Waals surface area contributed by atoms with E-state index in [4.69, 9.17) is 5.73 Å². The Kier molecular flexibility index (Phi) is 3.79. The van der Waals surface area contributed by atoms with Gasteiger partial charge in [-0.1, -0.05) is 30.3 Å². The molecule has 1 saturated carbocycles. The van der Waals surface area contributed by atoms with E-state index in [1.165, 1.54) is 12.8 Å². The minimum Gasteiger partial charge on any atom is -0.354 e. The number of nitrogens with two attached hydrogens (primary N) is 1. The molecule has 2 unspecified atom stereocenters. The second-order valence-electron chi connectivity index (χ2n) is 4.88. The molecular weight excluding hydrogens is 212 g/mol. The van der Waals surface area contributed by atoms with Crippen molar-refractivity contribution in [3.05, 3.63) is 35.9 Å². The zero-order chi connectivity index (χ0) is 12.3. The highest BCUT2D eigenvalue weighted by Gasteiger charge is 2.28. The van der Waals surface area contributed by atoms with Crippen molar-refractivity contribution in [2.45, 2.75) is 31.7 Å². The summed E-state index contributed by atoms with van der Waals surface area (Å²) in [6, 6.07) is 9.94. The first-order chi connectivity index (χ1) is 8.18. The van der Waals surface area contributed by atoms with Crippen LogP contribution in [-0.2, 0) is 4.79 Å². The van der Waals surface area contributed by atoms with Crippen molar-refractivity contribution < 1.29 is 4.79 Å². The molecule has 0 saturated heterocycles. The smallest absolute Gasteiger partial charge is 0.227 e. The van der Waals surface area contributed by atoms with Gasteiger partial charge in [0.2, 0.25) is 5.91 Å². The molecule has 0 bridgehead atoms. The van der Waals surface area contributed by atoms with Gasteiger partial charge in [0.05, 0.1) is 5.92 Å². The summed E-state index contributed by atoms with van der Waals surface area (Å²) in [6.07, 6.45) is 2.43. The molecule has 3 heteroatoms. The molecule has 1 aromatic rings. The number of hydrogen-bond acceptors (Lipinski definition) is 2. The van der Waals surface area contributed by atoms with Gasteiger partial charge in [0, 0.05) is 12.6 Å². The lowest BCUT2D eigenvalue weighted by Gasteiger charge is -2.15. The average Bonchev–Trinajstić information content (AvgIpc) is 3.20. The fourth-order valence-electron chi connectivity index (χ4n) is 1.96. The highest BCUT2D eigenvalue weighted by atomic mass is 16.1. The van der Waals surface area contributed by atoms with Crippen LogP contribution < -0.4 is 11.1 Å². The SMILES string of the molecule is CC(C(=O)NCC(N)C1CC1)c1ccccc1. The van der Waals surface area contributed by atoms with Crippen LogP contribution in [0.4, 0.5) is 0 Å². The number of carbonyl (C=O) groups is 1. The van der Waals surface area contributed by atoms with Gasteiger partial charge in [-0.3, -0.25) is 4.79 Å². The minimum absolute atomic E-state index is 0.0623. The standard InChI is InChI=1S/C14H20N2O/c1-10(11-5-3-2-4-6-11)14(17)16-9-13(15)12-7-8-12/h2-6,10,12-13H,7-9,15H2,1H3,(H,16,17). The van der Waals surface area contributed by atoms with Crippen molar-refractivity contribution in [1.29, 1.82) is 0 Å². The molecule has 0 radical (unpaired) electrons. The summed E-state index contributed by atoms with van der Waals surface area (Å²) >= 11 is 0. The predicted molar refractivity (Wildman–Crippen MR) is 68.6 cm³/mol. The number of nitrogens with one attached hydrogen (secondary N) is 1. The van der Waals surface area contributed by atoms with Crippen molar-refractivity contribution in [2.24, 2.45) is 11.7 Å². The van der Waals surface area contributed by atoms with E-state index in [1.807, 2.05) is 37.3 Å². The summed E-state index contributed by atoms with van der Waals surface area (Å²) < 4.78 is 0. The average molecular weight is 232 g/mol. The molecular formula is C14H20N2O. The highest BCUT2D eigenvalue weighted by Crippen LogP contribution is 2.31. The molecule has 0 spiro atoms. The molecule has 3 N–H and O–H groups in total. The molecule has 0 aliphatic heterocycles. The van der Waals surface area contributed by atoms with Crippen LogP contribution in [0.1, 0.15) is 31.2 Å². The zero-order valence-corrected chi connectivity index (χ0v) is 10.2. The van der Waals surface area contributed by atoms with Gasteiger partial charge in [-0.25, -0.2) is 0 Å². The van der Waals surface area contributed by atoms with Gasteiger partial charge in [-0.05, 0) is 31.2 Å². The maximum Gasteiger partial charge on any atom is 0.227 e. The van der Waals surface area contributed by atoms with E-state index in [1.54, 1.807) is 0 Å². The molecule has 17 heavy (non-hydrogen) atoms. The summed E-state index contributed by atoms with van der Waals surface area (Å²) in [5.41, 5.74) is 7.00. The number of rotatable bonds is 5. The molecule has 2 atom stereocenters. The molecule has 1 fully saturated rings. The Hall–Kier alpha value is -1.35. The topological polar surface area (TPSA) is 55.1 Å². The number of amides is 1. The quantitative estimate of drug-likeness (QED) is 0.811. The van der Waals surface area contributed by atoms with Gasteiger partial charge in [-0.2, -0.15) is 0 Å². The molecule has 1 aliphatic carbocycles. The molecule has 92 valence electrons. The van der Waals surface area contributed by atoms with Crippen LogP contribution in [0.5, 0.6) is 0 Å². The van der Waals surface area contributed by atoms with E-state index in [0.29, 0.717) is 12.5 Å². The van der Waals surface area contributed by atoms with Crippen LogP contribution in [0.25, 0.3) is 0 Å². The largest absolute Gasteiger partial charge is 0.354 e. The number of benzene rings is 1. The van der Waals surface area contributed by atoms with E-state index in [0.717, 1.165) is 5.56 Å². The van der Waals surface area contributed by atoms with Crippen molar-refractivity contribution >= 4 is 5.91 Å². The number of hydrogen-bond donors (Lipinski definition) is 2. The van der Waals surface area contributed by atoms with E-state index in [2.05, 4.69) is 5.32 Å². The maximum atomic E-state index is 11.9. The van der Waals surface area contributed by atoms with Crippen LogP contribution in [0.15, 0.2) is 30.3 Å². The third kappa shape index (κ3) is 3.30. The summed E-state index contributed by atoms with van der Waals surface area (Å²) in [6.45, 7) is 2.52. The molecule has 1 aromatic carbocycles. The van der Waals surface area contributed by atoms with Gasteiger partial charge >= 0.3 is 0 Å². The Bertz CT molecular complexity index is 373. The maximum absolute atomic E-state index is 11.9. The first-order valence-corrected chi connectivity index (χ1v) is 6.26. The van der Waals surface area contributed by atoms with E-state index < -0.39 is 0 Å². The summed E-state index contributed by atoms with van der Waals surface area (Å²) in [5, 5.41) is 2.94. The number of carbonyl (C=O) groups excluding carboxylic acids is 1. The Morgan fingerprint density at radius 1 is 1.41 bits per heavy atom. The second-order valence-corrected chi connectivity index (χ2v) is 4.88. The third-order valence-electron chi connectivity index (χ3n) is 3.43. The minimum atomic E-state index is -0.109. The lowest BCUT2D eigenvalue weighted by molar-refractivity contribution is -0.122. The fourth-order valence-corrected chi connectivity index (χ4v) is 1.96. The summed E-state index contributed by atoms with van der Waals surface area (Å²) in [7, 11) is 0. The Balaban J connectivity index is 1.82. The lowest BCUT2D eigenvalue weighted by Crippen LogP contribution is -2.40. The first kappa shape index (κ1) is 12.1. The van der Waals surface area contributed by atoms with Crippen LogP contribution in [-0.4, -0.2) is 18.5 Å².